The summed E-state index contributed by atoms with van der Waals surface area (Å²) in [4.78, 5) is 12.0. The van der Waals surface area contributed by atoms with Gasteiger partial charge in [-0.05, 0) is 60.3 Å². The Morgan fingerprint density at radius 2 is 1.61 bits per heavy atom. The maximum Gasteiger partial charge on any atom is 0.277 e. The number of amides is 1. The van der Waals surface area contributed by atoms with Gasteiger partial charge in [-0.15, -0.1) is 0 Å². The summed E-state index contributed by atoms with van der Waals surface area (Å²) in [5, 5.41) is 4.30. The Labute approximate surface area is 168 Å². The predicted molar refractivity (Wildman–Crippen MR) is 114 cm³/mol. The van der Waals surface area contributed by atoms with Crippen LogP contribution in [-0.4, -0.2) is 18.2 Å². The molecule has 2 aromatic rings. The lowest BCUT2D eigenvalue weighted by Crippen LogP contribution is -2.29. The second-order valence-corrected chi connectivity index (χ2v) is 8.53. The monoisotopic (exact) mass is 378 g/mol. The fraction of sp³-hybridized carbons (Fsp3) is 0.417. The van der Waals surface area contributed by atoms with Crippen molar-refractivity contribution in [2.75, 3.05) is 6.61 Å². The molecule has 0 aliphatic heterocycles. The van der Waals surface area contributed by atoms with E-state index in [-0.39, 0.29) is 12.5 Å². The standard InChI is InChI=1S/C24H30N2O2/c1-24(2,3)20-11-13-21(14-12-20)25-26-23(27)17-28-22-15-9-19(10-16-22)18-7-5-4-6-8-18/h4-10,15-16,20H,11-14,17H2,1-3H3,(H,26,27). The quantitative estimate of drug-likeness (QED) is 0.704. The molecule has 148 valence electrons. The first-order chi connectivity index (χ1) is 13.4. The molecule has 1 amide bonds. The first-order valence-corrected chi connectivity index (χ1v) is 10.0. The highest BCUT2D eigenvalue weighted by atomic mass is 16.5. The maximum atomic E-state index is 12.0. The van der Waals surface area contributed by atoms with Crippen molar-refractivity contribution in [3.8, 4) is 16.9 Å². The zero-order valence-electron chi connectivity index (χ0n) is 17.1. The molecule has 0 atom stereocenters. The fourth-order valence-electron chi connectivity index (χ4n) is 3.63. The number of rotatable bonds is 5. The average molecular weight is 379 g/mol. The first kappa shape index (κ1) is 20.1. The van der Waals surface area contributed by atoms with E-state index in [4.69, 9.17) is 4.74 Å². The number of hydrogen-bond donors (Lipinski definition) is 1. The van der Waals surface area contributed by atoms with Crippen LogP contribution in [0.3, 0.4) is 0 Å². The van der Waals surface area contributed by atoms with E-state index in [1.54, 1.807) is 0 Å². The van der Waals surface area contributed by atoms with Crippen LogP contribution in [0.5, 0.6) is 5.75 Å². The Bertz CT molecular complexity index is 795. The summed E-state index contributed by atoms with van der Waals surface area (Å²) < 4.78 is 5.58. The summed E-state index contributed by atoms with van der Waals surface area (Å²) in [6, 6.07) is 17.9. The minimum Gasteiger partial charge on any atom is -0.484 e. The molecule has 1 fully saturated rings. The lowest BCUT2D eigenvalue weighted by Gasteiger charge is -2.34. The number of hydrazone groups is 1. The van der Waals surface area contributed by atoms with Crippen LogP contribution in [0.25, 0.3) is 11.1 Å². The molecule has 1 aliphatic rings. The summed E-state index contributed by atoms with van der Waals surface area (Å²) in [5.41, 5.74) is 6.34. The molecule has 3 rings (SSSR count). The van der Waals surface area contributed by atoms with Gasteiger partial charge in [-0.2, -0.15) is 5.10 Å². The van der Waals surface area contributed by atoms with Crippen molar-refractivity contribution in [3.63, 3.8) is 0 Å². The highest BCUT2D eigenvalue weighted by Gasteiger charge is 2.28. The molecule has 4 nitrogen and oxygen atoms in total. The zero-order chi connectivity index (χ0) is 20.0. The van der Waals surface area contributed by atoms with Gasteiger partial charge in [0, 0.05) is 5.71 Å². The Morgan fingerprint density at radius 1 is 1.00 bits per heavy atom. The van der Waals surface area contributed by atoms with Gasteiger partial charge in [0.2, 0.25) is 0 Å². The van der Waals surface area contributed by atoms with E-state index in [0.717, 1.165) is 48.4 Å². The van der Waals surface area contributed by atoms with Crippen molar-refractivity contribution in [3.05, 3.63) is 54.6 Å². The third-order valence-corrected chi connectivity index (χ3v) is 5.46. The van der Waals surface area contributed by atoms with Crippen molar-refractivity contribution in [1.29, 1.82) is 0 Å². The average Bonchev–Trinajstić information content (AvgIpc) is 2.71. The molecule has 0 heterocycles. The number of nitrogens with zero attached hydrogens (tertiary/aromatic N) is 1. The Hall–Kier alpha value is -2.62. The van der Waals surface area contributed by atoms with Crippen molar-refractivity contribution in [1.82, 2.24) is 5.43 Å². The number of carbonyl (C=O) groups excluding carboxylic acids is 1. The predicted octanol–water partition coefficient (Wildman–Crippen LogP) is 5.44. The third kappa shape index (κ3) is 5.69. The summed E-state index contributed by atoms with van der Waals surface area (Å²) in [7, 11) is 0. The van der Waals surface area contributed by atoms with Crippen LogP contribution in [0.4, 0.5) is 0 Å². The van der Waals surface area contributed by atoms with Crippen LogP contribution in [0.15, 0.2) is 59.7 Å². The number of ether oxygens (including phenoxy) is 1. The minimum absolute atomic E-state index is 0.0356. The van der Waals surface area contributed by atoms with Crippen molar-refractivity contribution >= 4 is 11.6 Å². The zero-order valence-corrected chi connectivity index (χ0v) is 17.1. The molecular formula is C24H30N2O2. The smallest absolute Gasteiger partial charge is 0.277 e. The van der Waals surface area contributed by atoms with E-state index in [1.165, 1.54) is 0 Å². The molecule has 1 N–H and O–H groups in total. The minimum atomic E-state index is -0.224. The van der Waals surface area contributed by atoms with Crippen molar-refractivity contribution < 1.29 is 9.53 Å². The molecule has 0 bridgehead atoms. The van der Waals surface area contributed by atoms with Gasteiger partial charge in [-0.3, -0.25) is 4.79 Å². The molecule has 28 heavy (non-hydrogen) atoms. The summed E-state index contributed by atoms with van der Waals surface area (Å²) in [6.45, 7) is 6.86. The Morgan fingerprint density at radius 3 is 2.21 bits per heavy atom. The first-order valence-electron chi connectivity index (χ1n) is 10.0. The van der Waals surface area contributed by atoms with Gasteiger partial charge >= 0.3 is 0 Å². The third-order valence-electron chi connectivity index (χ3n) is 5.46. The largest absolute Gasteiger partial charge is 0.484 e. The van der Waals surface area contributed by atoms with Crippen molar-refractivity contribution in [2.24, 2.45) is 16.4 Å². The molecule has 0 spiro atoms. The van der Waals surface area contributed by atoms with E-state index in [0.29, 0.717) is 11.2 Å². The molecule has 0 saturated heterocycles. The van der Waals surface area contributed by atoms with Crippen LogP contribution in [-0.2, 0) is 4.79 Å². The van der Waals surface area contributed by atoms with Crippen LogP contribution in [0, 0.1) is 11.3 Å². The van der Waals surface area contributed by atoms with E-state index in [2.05, 4.69) is 43.4 Å². The van der Waals surface area contributed by atoms with Gasteiger partial charge in [0.1, 0.15) is 5.75 Å². The normalized spacial score (nSPS) is 17.1. The highest BCUT2D eigenvalue weighted by Crippen LogP contribution is 2.36. The molecule has 0 aromatic heterocycles. The van der Waals surface area contributed by atoms with Gasteiger partial charge in [0.05, 0.1) is 0 Å². The number of nitrogens with one attached hydrogen (secondary N) is 1. The molecule has 4 heteroatoms. The molecular weight excluding hydrogens is 348 g/mol. The van der Waals surface area contributed by atoms with Gasteiger partial charge in [-0.25, -0.2) is 5.43 Å². The molecule has 0 radical (unpaired) electrons. The molecule has 1 saturated carbocycles. The Balaban J connectivity index is 1.43. The van der Waals surface area contributed by atoms with Gasteiger partial charge < -0.3 is 4.74 Å². The SMILES string of the molecule is CC(C)(C)C1CCC(=NNC(=O)COc2ccc(-c3ccccc3)cc2)CC1. The van der Waals surface area contributed by atoms with E-state index in [9.17, 15) is 4.79 Å². The number of benzene rings is 2. The van der Waals surface area contributed by atoms with Gasteiger partial charge in [-0.1, -0.05) is 63.2 Å². The van der Waals surface area contributed by atoms with Crippen LogP contribution < -0.4 is 10.2 Å². The molecule has 1 aliphatic carbocycles. The van der Waals surface area contributed by atoms with E-state index >= 15 is 0 Å². The second kappa shape index (κ2) is 9.05. The number of hydrogen-bond acceptors (Lipinski definition) is 3. The van der Waals surface area contributed by atoms with Gasteiger partial charge in [0.25, 0.3) is 5.91 Å². The fourth-order valence-corrected chi connectivity index (χ4v) is 3.63. The van der Waals surface area contributed by atoms with Gasteiger partial charge in [0.15, 0.2) is 6.61 Å². The lowest BCUT2D eigenvalue weighted by atomic mass is 9.72. The maximum absolute atomic E-state index is 12.0. The highest BCUT2D eigenvalue weighted by molar-refractivity contribution is 5.87. The van der Waals surface area contributed by atoms with Crippen LogP contribution in [0.2, 0.25) is 0 Å². The van der Waals surface area contributed by atoms with Crippen LogP contribution in [0.1, 0.15) is 46.5 Å². The molecule has 2 aromatic carbocycles. The molecule has 0 unspecified atom stereocenters. The van der Waals surface area contributed by atoms with Crippen molar-refractivity contribution in [2.45, 2.75) is 46.5 Å². The number of carbonyl (C=O) groups is 1. The Kier molecular flexibility index (Phi) is 6.50. The summed E-state index contributed by atoms with van der Waals surface area (Å²) in [5.74, 6) is 1.18. The summed E-state index contributed by atoms with van der Waals surface area (Å²) >= 11 is 0. The second-order valence-electron chi connectivity index (χ2n) is 8.53. The summed E-state index contributed by atoms with van der Waals surface area (Å²) in [6.07, 6.45) is 4.21. The van der Waals surface area contributed by atoms with E-state index < -0.39 is 0 Å². The van der Waals surface area contributed by atoms with E-state index in [1.807, 2.05) is 42.5 Å². The topological polar surface area (TPSA) is 50.7 Å². The lowest BCUT2D eigenvalue weighted by molar-refractivity contribution is -0.123. The van der Waals surface area contributed by atoms with Crippen LogP contribution >= 0.6 is 0 Å².